The van der Waals surface area contributed by atoms with Crippen molar-refractivity contribution in [1.29, 1.82) is 0 Å². The minimum atomic E-state index is -1.05. The van der Waals surface area contributed by atoms with Crippen LogP contribution in [0.1, 0.15) is 84.2 Å². The van der Waals surface area contributed by atoms with Crippen LogP contribution in [-0.4, -0.2) is 107 Å². The van der Waals surface area contributed by atoms with Crippen molar-refractivity contribution in [3.8, 4) is 28.1 Å². The molecule has 0 saturated heterocycles. The number of imidazole rings is 2. The molecule has 3 heterocycles. The third-order valence-corrected chi connectivity index (χ3v) is 12.1. The van der Waals surface area contributed by atoms with Gasteiger partial charge < -0.3 is 49.3 Å². The number of aromatic nitrogens is 4. The summed E-state index contributed by atoms with van der Waals surface area (Å²) < 4.78 is 21.5. The van der Waals surface area contributed by atoms with Gasteiger partial charge in [-0.15, -0.1) is 0 Å². The fourth-order valence-electron chi connectivity index (χ4n) is 8.43. The Morgan fingerprint density at radius 1 is 0.881 bits per heavy atom. The van der Waals surface area contributed by atoms with E-state index in [9.17, 15) is 19.2 Å². The number of fused-ring (bicyclic) bond motifs is 6. The summed E-state index contributed by atoms with van der Waals surface area (Å²) in [5.41, 5.74) is 6.66. The summed E-state index contributed by atoms with van der Waals surface area (Å²) >= 11 is 0. The van der Waals surface area contributed by atoms with Crippen LogP contribution in [-0.2, 0) is 30.4 Å². The van der Waals surface area contributed by atoms with Gasteiger partial charge in [0.25, 0.3) is 5.91 Å². The molecule has 67 heavy (non-hydrogen) atoms. The first-order valence-corrected chi connectivity index (χ1v) is 22.7. The average Bonchev–Trinajstić information content (AvgIpc) is 4.01. The van der Waals surface area contributed by atoms with E-state index in [1.807, 2.05) is 84.9 Å². The largest absolute Gasteiger partial charge is 0.488 e. The van der Waals surface area contributed by atoms with Gasteiger partial charge >= 0.3 is 12.2 Å². The molecular weight excluding hydrogens is 853 g/mol. The molecule has 5 aromatic rings. The number of hydrogen-bond acceptors (Lipinski definition) is 10. The van der Waals surface area contributed by atoms with Gasteiger partial charge in [-0.05, 0) is 90.9 Å². The number of amides is 4. The highest BCUT2D eigenvalue weighted by molar-refractivity contribution is 6.07. The molecular formula is C51H64N8O8. The number of H-pyrrole nitrogens is 2. The first kappa shape index (κ1) is 49.5. The van der Waals surface area contributed by atoms with Crippen LogP contribution in [0.25, 0.3) is 44.2 Å². The number of nitrogens with one attached hydrogen (secondary N) is 4. The molecule has 0 saturated carbocycles. The number of rotatable bonds is 19. The maximum atomic E-state index is 14.2. The molecule has 4 amide bonds. The lowest BCUT2D eigenvalue weighted by molar-refractivity contribution is -0.138. The van der Waals surface area contributed by atoms with Gasteiger partial charge in [0.1, 0.15) is 36.1 Å². The molecule has 16 nitrogen and oxygen atoms in total. The minimum Gasteiger partial charge on any atom is -0.488 e. The number of carbonyl (C=O) groups excluding carboxylic acids is 4. The van der Waals surface area contributed by atoms with E-state index in [4.69, 9.17) is 28.9 Å². The van der Waals surface area contributed by atoms with Gasteiger partial charge in [0.2, 0.25) is 5.91 Å². The summed E-state index contributed by atoms with van der Waals surface area (Å²) in [6, 6.07) is 11.6. The van der Waals surface area contributed by atoms with Crippen LogP contribution in [0.2, 0.25) is 0 Å². The molecule has 0 bridgehead atoms. The molecule has 0 aliphatic carbocycles. The number of benzene rings is 3. The number of nitrogens with zero attached hydrogens (tertiary/aromatic N) is 4. The summed E-state index contributed by atoms with van der Waals surface area (Å²) in [5, 5.41) is 7.25. The van der Waals surface area contributed by atoms with E-state index >= 15 is 0 Å². The molecule has 356 valence electrons. The van der Waals surface area contributed by atoms with E-state index in [1.54, 1.807) is 35.3 Å². The van der Waals surface area contributed by atoms with Crippen LogP contribution in [0.5, 0.6) is 5.75 Å². The highest BCUT2D eigenvalue weighted by Crippen LogP contribution is 2.43. The second-order valence-electron chi connectivity index (χ2n) is 17.3. The number of methoxy groups -OCH3 is 3. The summed E-state index contributed by atoms with van der Waals surface area (Å²) in [4.78, 5) is 73.1. The number of hydrogen-bond donors (Lipinski definition) is 4. The number of aromatic amines is 2. The maximum absolute atomic E-state index is 14.2. The highest BCUT2D eigenvalue weighted by atomic mass is 16.5. The van der Waals surface area contributed by atoms with Crippen LogP contribution in [0.15, 0.2) is 85.1 Å². The third-order valence-electron chi connectivity index (χ3n) is 12.1. The molecule has 6 rings (SSSR count). The third kappa shape index (κ3) is 11.0. The molecule has 0 fully saturated rings. The van der Waals surface area contributed by atoms with Crippen molar-refractivity contribution < 1.29 is 38.1 Å². The van der Waals surface area contributed by atoms with E-state index in [-0.39, 0.29) is 23.7 Å². The molecule has 5 unspecified atom stereocenters. The fraction of sp³-hybridized carbons (Fsp3) is 0.412. The SMILES string of the molecule is C=C(C=CC=CC)C(NC(=O)OC)C(=O)N(CCC)C(C)c1nc2c(ccc3cc4c(cc32)OCc2cc(-c3cnc(C(C)N(CC(C)COC)C(=O)C(NC(=O)OC)C(C)C)[nH]3)ccc2-4)[nH]1. The Morgan fingerprint density at radius 2 is 1.61 bits per heavy atom. The summed E-state index contributed by atoms with van der Waals surface area (Å²) in [7, 11) is 4.16. The summed E-state index contributed by atoms with van der Waals surface area (Å²) in [5.74, 6) is 1.18. The van der Waals surface area contributed by atoms with E-state index < -0.39 is 36.4 Å². The normalized spacial score (nSPS) is 14.5. The standard InChI is InChI=1S/C51H64N8O8/c1-12-14-15-16-31(6)44(57-51(63)66-11)49(61)58(21-13-2)33(8)47-53-40-20-18-34-23-39-37-19-17-35(22-36(37)28-67-42(39)24-38(34)45(40)55-47)41-25-52-46(54-41)32(7)59(26-30(5)27-64-9)48(60)43(29(3)4)56-50(62)65-10/h12,14-20,22-25,29-30,32-33,43-44H,6,13,21,26-28H2,1-5,7-11H3,(H,52,54)(H,53,55)(H,56,62)(H,57,63). The lowest BCUT2D eigenvalue weighted by atomic mass is 9.92. The zero-order valence-corrected chi connectivity index (χ0v) is 40.2. The van der Waals surface area contributed by atoms with Crippen molar-refractivity contribution in [3.63, 3.8) is 0 Å². The monoisotopic (exact) mass is 916 g/mol. The van der Waals surface area contributed by atoms with Gasteiger partial charge in [-0.1, -0.05) is 76.8 Å². The van der Waals surface area contributed by atoms with Crippen LogP contribution >= 0.6 is 0 Å². The molecule has 2 aromatic heterocycles. The number of alkyl carbamates (subject to hydrolysis) is 2. The molecule has 0 spiro atoms. The van der Waals surface area contributed by atoms with Crippen molar-refractivity contribution in [3.05, 3.63) is 102 Å². The Morgan fingerprint density at radius 3 is 2.30 bits per heavy atom. The van der Waals surface area contributed by atoms with Crippen molar-refractivity contribution >= 4 is 45.8 Å². The van der Waals surface area contributed by atoms with E-state index in [0.717, 1.165) is 55.5 Å². The summed E-state index contributed by atoms with van der Waals surface area (Å²) in [6.07, 6.45) is 8.17. The van der Waals surface area contributed by atoms with Gasteiger partial charge in [-0.3, -0.25) is 9.59 Å². The fourth-order valence-corrected chi connectivity index (χ4v) is 8.43. The Kier molecular flexibility index (Phi) is 16.3. The smallest absolute Gasteiger partial charge is 0.407 e. The zero-order chi connectivity index (χ0) is 48.5. The molecule has 5 atom stereocenters. The van der Waals surface area contributed by atoms with Gasteiger partial charge in [-0.25, -0.2) is 19.6 Å². The Labute approximate surface area is 392 Å². The zero-order valence-electron chi connectivity index (χ0n) is 40.2. The molecule has 1 aliphatic rings. The van der Waals surface area contributed by atoms with Crippen LogP contribution in [0, 0.1) is 11.8 Å². The maximum Gasteiger partial charge on any atom is 0.407 e. The topological polar surface area (TPSA) is 193 Å². The quantitative estimate of drug-likeness (QED) is 0.0582. The number of ether oxygens (including phenoxy) is 4. The molecule has 4 N–H and O–H groups in total. The lowest BCUT2D eigenvalue weighted by Gasteiger charge is -2.34. The lowest BCUT2D eigenvalue weighted by Crippen LogP contribution is -2.53. The van der Waals surface area contributed by atoms with Crippen LogP contribution in [0.3, 0.4) is 0 Å². The molecule has 1 aliphatic heterocycles. The Balaban J connectivity index is 1.27. The van der Waals surface area contributed by atoms with Gasteiger partial charge in [0.05, 0.1) is 55.8 Å². The van der Waals surface area contributed by atoms with Crippen molar-refractivity contribution in [2.24, 2.45) is 11.8 Å². The predicted octanol–water partition coefficient (Wildman–Crippen LogP) is 8.93. The average molecular weight is 917 g/mol. The second-order valence-corrected chi connectivity index (χ2v) is 17.3. The van der Waals surface area contributed by atoms with Crippen molar-refractivity contribution in [1.82, 2.24) is 40.4 Å². The van der Waals surface area contributed by atoms with Gasteiger partial charge in [0, 0.05) is 31.1 Å². The highest BCUT2D eigenvalue weighted by Gasteiger charge is 2.35. The molecule has 3 aromatic carbocycles. The van der Waals surface area contributed by atoms with Crippen LogP contribution in [0.4, 0.5) is 9.59 Å². The molecule has 16 heteroatoms. The predicted molar refractivity (Wildman–Crippen MR) is 259 cm³/mol. The summed E-state index contributed by atoms with van der Waals surface area (Å²) in [6.45, 7) is 19.2. The first-order valence-electron chi connectivity index (χ1n) is 22.7. The van der Waals surface area contributed by atoms with Crippen molar-refractivity contribution in [2.75, 3.05) is 41.0 Å². The van der Waals surface area contributed by atoms with E-state index in [1.165, 1.54) is 14.2 Å². The van der Waals surface area contributed by atoms with Gasteiger partial charge in [0.15, 0.2) is 0 Å². The van der Waals surface area contributed by atoms with Crippen LogP contribution < -0.4 is 15.4 Å². The Hall–Kier alpha value is -6.94. The molecule has 0 radical (unpaired) electrons. The Bertz CT molecular complexity index is 2670. The number of carbonyl (C=O) groups is 4. The van der Waals surface area contributed by atoms with Gasteiger partial charge in [-0.2, -0.15) is 0 Å². The van der Waals surface area contributed by atoms with E-state index in [2.05, 4.69) is 45.4 Å². The second kappa shape index (κ2) is 22.0. The number of allylic oxidation sites excluding steroid dienone is 3. The minimum absolute atomic E-state index is 0.0165. The van der Waals surface area contributed by atoms with Crippen molar-refractivity contribution in [2.45, 2.75) is 85.7 Å². The van der Waals surface area contributed by atoms with E-state index in [0.29, 0.717) is 49.9 Å². The first-order chi connectivity index (χ1) is 32.1.